The van der Waals surface area contributed by atoms with Gasteiger partial charge in [0.15, 0.2) is 5.96 Å². The topological polar surface area (TPSA) is 66.3 Å². The lowest BCUT2D eigenvalue weighted by Gasteiger charge is -2.26. The Morgan fingerprint density at radius 1 is 1.25 bits per heavy atom. The number of halogens is 1. The van der Waals surface area contributed by atoms with E-state index >= 15 is 0 Å². The minimum atomic E-state index is -0.744. The Morgan fingerprint density at radius 2 is 2.00 bits per heavy atom. The second-order valence-corrected chi connectivity index (χ2v) is 7.70. The maximum Gasteiger partial charge on any atom is 0.194 e. The smallest absolute Gasteiger partial charge is 0.194 e. The minimum Gasteiger partial charge on any atom is -0.497 e. The normalized spacial score (nSPS) is 19.4. The number of aliphatic imine (C=N–C) groups is 1. The highest BCUT2D eigenvalue weighted by atomic mass is 127. The molecule has 2 N–H and O–H groups in total. The van der Waals surface area contributed by atoms with Crippen molar-refractivity contribution in [2.75, 3.05) is 40.4 Å². The van der Waals surface area contributed by atoms with E-state index in [1.807, 2.05) is 18.2 Å². The van der Waals surface area contributed by atoms with Gasteiger partial charge in [0.1, 0.15) is 17.6 Å². The standard InChI is InChI=1S/C21H33N3O3.HI/c1-4-22-20(24-12-11-21(15-24)9-5-6-10-21)23-14-18(25)17-13-16(26-2)7-8-19(17)27-3;/h7-8,13,18,25H,4-6,9-12,14-15H2,1-3H3,(H,22,23);1H. The van der Waals surface area contributed by atoms with Crippen LogP contribution in [0.4, 0.5) is 0 Å². The zero-order valence-electron chi connectivity index (χ0n) is 17.2. The monoisotopic (exact) mass is 503 g/mol. The summed E-state index contributed by atoms with van der Waals surface area (Å²) in [5, 5.41) is 14.1. The summed E-state index contributed by atoms with van der Waals surface area (Å²) in [6, 6.07) is 5.46. The van der Waals surface area contributed by atoms with E-state index in [2.05, 4.69) is 17.1 Å². The lowest BCUT2D eigenvalue weighted by atomic mass is 9.86. The number of rotatable bonds is 6. The van der Waals surface area contributed by atoms with Crippen molar-refractivity contribution in [2.45, 2.75) is 45.1 Å². The molecule has 6 nitrogen and oxygen atoms in total. The molecule has 1 saturated carbocycles. The van der Waals surface area contributed by atoms with Gasteiger partial charge in [-0.15, -0.1) is 24.0 Å². The van der Waals surface area contributed by atoms with Gasteiger partial charge in [-0.1, -0.05) is 12.8 Å². The molecule has 1 unspecified atom stereocenters. The minimum absolute atomic E-state index is 0. The third kappa shape index (κ3) is 5.23. The molecule has 2 fully saturated rings. The SMILES string of the molecule is CCNC(=NCC(O)c1cc(OC)ccc1OC)N1CCC2(CCCC2)C1.I. The first kappa shape index (κ1) is 23.1. The lowest BCUT2D eigenvalue weighted by Crippen LogP contribution is -2.41. The van der Waals surface area contributed by atoms with Crippen LogP contribution in [-0.4, -0.2) is 56.4 Å². The summed E-state index contributed by atoms with van der Waals surface area (Å²) in [5.41, 5.74) is 1.19. The molecular formula is C21H34IN3O3. The third-order valence-electron chi connectivity index (χ3n) is 5.95. The molecule has 3 rings (SSSR count). The maximum atomic E-state index is 10.7. The Balaban J connectivity index is 0.00000280. The van der Waals surface area contributed by atoms with E-state index in [1.165, 1.54) is 32.1 Å². The van der Waals surface area contributed by atoms with Crippen molar-refractivity contribution >= 4 is 29.9 Å². The van der Waals surface area contributed by atoms with Gasteiger partial charge < -0.3 is 24.8 Å². The molecule has 1 aliphatic heterocycles. The molecule has 1 atom stereocenters. The van der Waals surface area contributed by atoms with E-state index < -0.39 is 6.10 Å². The van der Waals surface area contributed by atoms with Crippen LogP contribution in [0.25, 0.3) is 0 Å². The van der Waals surface area contributed by atoms with E-state index in [0.717, 1.165) is 25.6 Å². The zero-order chi connectivity index (χ0) is 19.3. The molecule has 1 spiro atoms. The lowest BCUT2D eigenvalue weighted by molar-refractivity contribution is 0.181. The molecule has 1 aliphatic carbocycles. The Hall–Kier alpha value is -1.22. The summed E-state index contributed by atoms with van der Waals surface area (Å²) in [6.45, 7) is 5.32. The number of aliphatic hydroxyl groups excluding tert-OH is 1. The van der Waals surface area contributed by atoms with E-state index in [9.17, 15) is 5.11 Å². The Morgan fingerprint density at radius 3 is 2.64 bits per heavy atom. The van der Waals surface area contributed by atoms with Crippen LogP contribution in [0.1, 0.15) is 50.7 Å². The molecule has 7 heteroatoms. The van der Waals surface area contributed by atoms with Crippen LogP contribution in [0.3, 0.4) is 0 Å². The number of methoxy groups -OCH3 is 2. The van der Waals surface area contributed by atoms with Crippen molar-refractivity contribution in [1.29, 1.82) is 0 Å². The fraction of sp³-hybridized carbons (Fsp3) is 0.667. The molecule has 0 aromatic heterocycles. The number of hydrogen-bond acceptors (Lipinski definition) is 4. The van der Waals surface area contributed by atoms with Gasteiger partial charge in [-0.3, -0.25) is 4.99 Å². The number of likely N-dealkylation sites (tertiary alicyclic amines) is 1. The molecule has 28 heavy (non-hydrogen) atoms. The second-order valence-electron chi connectivity index (χ2n) is 7.70. The van der Waals surface area contributed by atoms with Gasteiger partial charge in [0.25, 0.3) is 0 Å². The molecule has 2 aliphatic rings. The van der Waals surface area contributed by atoms with Gasteiger partial charge >= 0.3 is 0 Å². The molecule has 0 bridgehead atoms. The molecule has 0 amide bonds. The highest BCUT2D eigenvalue weighted by Gasteiger charge is 2.41. The highest BCUT2D eigenvalue weighted by molar-refractivity contribution is 14.0. The molecule has 1 heterocycles. The third-order valence-corrected chi connectivity index (χ3v) is 5.95. The fourth-order valence-corrected chi connectivity index (χ4v) is 4.45. The number of guanidine groups is 1. The highest BCUT2D eigenvalue weighted by Crippen LogP contribution is 2.45. The van der Waals surface area contributed by atoms with Crippen molar-refractivity contribution in [1.82, 2.24) is 10.2 Å². The predicted octanol–water partition coefficient (Wildman–Crippen LogP) is 3.59. The molecule has 1 saturated heterocycles. The molecule has 1 aromatic rings. The second kappa shape index (κ2) is 10.5. The van der Waals surface area contributed by atoms with Gasteiger partial charge in [-0.05, 0) is 49.8 Å². The van der Waals surface area contributed by atoms with E-state index in [0.29, 0.717) is 22.5 Å². The number of nitrogens with one attached hydrogen (secondary N) is 1. The van der Waals surface area contributed by atoms with Crippen LogP contribution in [0, 0.1) is 5.41 Å². The fourth-order valence-electron chi connectivity index (χ4n) is 4.45. The van der Waals surface area contributed by atoms with Crippen LogP contribution in [0.5, 0.6) is 11.5 Å². The van der Waals surface area contributed by atoms with Gasteiger partial charge in [-0.2, -0.15) is 0 Å². The Bertz CT molecular complexity index is 662. The van der Waals surface area contributed by atoms with Crippen LogP contribution in [0.15, 0.2) is 23.2 Å². The number of hydrogen-bond donors (Lipinski definition) is 2. The Labute approximate surface area is 185 Å². The quantitative estimate of drug-likeness (QED) is 0.353. The summed E-state index contributed by atoms with van der Waals surface area (Å²) < 4.78 is 10.7. The first-order valence-corrected chi connectivity index (χ1v) is 10.0. The molecule has 158 valence electrons. The van der Waals surface area contributed by atoms with Gasteiger partial charge in [-0.25, -0.2) is 0 Å². The molecule has 0 radical (unpaired) electrons. The predicted molar refractivity (Wildman–Crippen MR) is 123 cm³/mol. The number of benzene rings is 1. The first-order valence-electron chi connectivity index (χ1n) is 10.0. The van der Waals surface area contributed by atoms with Crippen LogP contribution >= 0.6 is 24.0 Å². The van der Waals surface area contributed by atoms with Crippen molar-refractivity contribution < 1.29 is 14.6 Å². The Kier molecular flexibility index (Phi) is 8.67. The zero-order valence-corrected chi connectivity index (χ0v) is 19.6. The summed E-state index contributed by atoms with van der Waals surface area (Å²) >= 11 is 0. The van der Waals surface area contributed by atoms with E-state index in [4.69, 9.17) is 14.5 Å². The molecular weight excluding hydrogens is 469 g/mol. The van der Waals surface area contributed by atoms with Crippen molar-refractivity contribution in [3.63, 3.8) is 0 Å². The first-order chi connectivity index (χ1) is 13.1. The summed E-state index contributed by atoms with van der Waals surface area (Å²) in [5.74, 6) is 2.25. The van der Waals surface area contributed by atoms with Crippen LogP contribution < -0.4 is 14.8 Å². The van der Waals surface area contributed by atoms with Gasteiger partial charge in [0.2, 0.25) is 0 Å². The summed E-state index contributed by atoms with van der Waals surface area (Å²) in [7, 11) is 3.22. The van der Waals surface area contributed by atoms with Gasteiger partial charge in [0.05, 0.1) is 20.8 Å². The number of ether oxygens (including phenoxy) is 2. The van der Waals surface area contributed by atoms with E-state index in [-0.39, 0.29) is 30.5 Å². The van der Waals surface area contributed by atoms with Crippen molar-refractivity contribution in [2.24, 2.45) is 10.4 Å². The average molecular weight is 503 g/mol. The van der Waals surface area contributed by atoms with E-state index in [1.54, 1.807) is 14.2 Å². The summed E-state index contributed by atoms with van der Waals surface area (Å²) in [4.78, 5) is 7.11. The largest absolute Gasteiger partial charge is 0.497 e. The van der Waals surface area contributed by atoms with Crippen LogP contribution in [0.2, 0.25) is 0 Å². The average Bonchev–Trinajstić information content (AvgIpc) is 3.34. The number of nitrogens with zero attached hydrogens (tertiary/aromatic N) is 2. The molecule has 1 aromatic carbocycles. The van der Waals surface area contributed by atoms with Crippen LogP contribution in [-0.2, 0) is 0 Å². The van der Waals surface area contributed by atoms with Gasteiger partial charge in [0, 0.05) is 25.2 Å². The van der Waals surface area contributed by atoms with Crippen molar-refractivity contribution in [3.8, 4) is 11.5 Å². The maximum absolute atomic E-state index is 10.7. The number of aliphatic hydroxyl groups is 1. The van der Waals surface area contributed by atoms with Crippen molar-refractivity contribution in [3.05, 3.63) is 23.8 Å². The summed E-state index contributed by atoms with van der Waals surface area (Å²) in [6.07, 6.45) is 5.90.